The van der Waals surface area contributed by atoms with E-state index < -0.39 is 0 Å². The normalized spacial score (nSPS) is 19.1. The number of hydrogen-bond acceptors (Lipinski definition) is 3. The molecule has 1 heterocycles. The van der Waals surface area contributed by atoms with Gasteiger partial charge in [0.25, 0.3) is 0 Å². The number of nitrogens with zero attached hydrogens (tertiary/aromatic N) is 1. The molecule has 1 aromatic carbocycles. The topological polar surface area (TPSA) is 24.4 Å². The number of aliphatic imine (C=N–C) groups is 1. The lowest BCUT2D eigenvalue weighted by Crippen LogP contribution is -2.12. The molecule has 3 heteroatoms. The lowest BCUT2D eigenvalue weighted by Gasteiger charge is -2.10. The van der Waals surface area contributed by atoms with Crippen molar-refractivity contribution >= 4 is 22.6 Å². The first-order chi connectivity index (χ1) is 8.70. The minimum Gasteiger partial charge on any atom is -0.335 e. The van der Waals surface area contributed by atoms with E-state index in [9.17, 15) is 0 Å². The molecular weight excluding hydrogens is 240 g/mol. The Kier molecular flexibility index (Phi) is 4.70. The van der Waals surface area contributed by atoms with Crippen LogP contribution in [0.25, 0.3) is 0 Å². The Bertz CT molecular complexity index is 426. The van der Waals surface area contributed by atoms with Crippen LogP contribution in [-0.4, -0.2) is 17.0 Å². The van der Waals surface area contributed by atoms with Crippen LogP contribution in [0.4, 0.5) is 5.69 Å². The second-order valence-corrected chi connectivity index (χ2v) is 6.10. The summed E-state index contributed by atoms with van der Waals surface area (Å²) < 4.78 is 0. The predicted molar refractivity (Wildman–Crippen MR) is 82.6 cm³/mol. The molecule has 2 rings (SSSR count). The third-order valence-corrected chi connectivity index (χ3v) is 4.21. The van der Waals surface area contributed by atoms with E-state index in [1.165, 1.54) is 17.7 Å². The van der Waals surface area contributed by atoms with Gasteiger partial charge in [0.05, 0.1) is 6.04 Å². The van der Waals surface area contributed by atoms with Crippen LogP contribution in [0.2, 0.25) is 0 Å². The monoisotopic (exact) mass is 262 g/mol. The zero-order valence-electron chi connectivity index (χ0n) is 11.4. The number of benzene rings is 1. The fraction of sp³-hybridized carbons (Fsp3) is 0.533. The summed E-state index contributed by atoms with van der Waals surface area (Å²) in [5, 5.41) is 4.57. The van der Waals surface area contributed by atoms with Gasteiger partial charge in [-0.3, -0.25) is 4.99 Å². The molecule has 0 spiro atoms. The van der Waals surface area contributed by atoms with Gasteiger partial charge in [-0.15, -0.1) is 0 Å². The highest BCUT2D eigenvalue weighted by Gasteiger charge is 2.21. The van der Waals surface area contributed by atoms with E-state index in [1.807, 2.05) is 11.8 Å². The summed E-state index contributed by atoms with van der Waals surface area (Å²) >= 11 is 1.84. The number of amidine groups is 1. The maximum atomic E-state index is 4.75. The third-order valence-electron chi connectivity index (χ3n) is 3.22. The van der Waals surface area contributed by atoms with Crippen molar-refractivity contribution < 1.29 is 0 Å². The number of anilines is 1. The van der Waals surface area contributed by atoms with E-state index in [1.54, 1.807) is 0 Å². The molecule has 1 aliphatic rings. The summed E-state index contributed by atoms with van der Waals surface area (Å²) in [6.45, 7) is 6.69. The van der Waals surface area contributed by atoms with Crippen LogP contribution in [0.5, 0.6) is 0 Å². The average Bonchev–Trinajstić information content (AvgIpc) is 2.81. The Hall–Kier alpha value is -0.960. The molecular formula is C15H22N2S. The van der Waals surface area contributed by atoms with Crippen molar-refractivity contribution in [2.24, 2.45) is 10.9 Å². The van der Waals surface area contributed by atoms with Crippen molar-refractivity contribution in [3.63, 3.8) is 0 Å². The van der Waals surface area contributed by atoms with Gasteiger partial charge in [-0.25, -0.2) is 0 Å². The molecule has 0 aliphatic carbocycles. The Morgan fingerprint density at radius 3 is 2.83 bits per heavy atom. The zero-order chi connectivity index (χ0) is 13.0. The van der Waals surface area contributed by atoms with Gasteiger partial charge in [0.2, 0.25) is 0 Å². The molecule has 1 N–H and O–H groups in total. The molecule has 0 aromatic heterocycles. The molecule has 98 valence electrons. The third kappa shape index (κ3) is 3.29. The van der Waals surface area contributed by atoms with Gasteiger partial charge in [0, 0.05) is 11.4 Å². The van der Waals surface area contributed by atoms with E-state index in [2.05, 4.69) is 50.4 Å². The summed E-state index contributed by atoms with van der Waals surface area (Å²) in [5.41, 5.74) is 2.60. The fourth-order valence-corrected chi connectivity index (χ4v) is 3.22. The summed E-state index contributed by atoms with van der Waals surface area (Å²) in [6, 6.07) is 9.01. The van der Waals surface area contributed by atoms with Crippen molar-refractivity contribution in [3.8, 4) is 0 Å². The molecule has 0 saturated carbocycles. The van der Waals surface area contributed by atoms with E-state index in [-0.39, 0.29) is 0 Å². The molecule has 1 aliphatic heterocycles. The highest BCUT2D eigenvalue weighted by atomic mass is 32.2. The predicted octanol–water partition coefficient (Wildman–Crippen LogP) is 4.18. The lowest BCUT2D eigenvalue weighted by atomic mass is 10.1. The molecule has 0 saturated heterocycles. The van der Waals surface area contributed by atoms with Crippen LogP contribution in [-0.2, 0) is 6.42 Å². The maximum absolute atomic E-state index is 4.75. The van der Waals surface area contributed by atoms with Gasteiger partial charge in [-0.2, -0.15) is 0 Å². The van der Waals surface area contributed by atoms with Crippen LogP contribution < -0.4 is 5.32 Å². The van der Waals surface area contributed by atoms with Crippen LogP contribution in [0.15, 0.2) is 29.3 Å². The first-order valence-electron chi connectivity index (χ1n) is 6.76. The summed E-state index contributed by atoms with van der Waals surface area (Å²) in [7, 11) is 0. The molecule has 2 nitrogen and oxygen atoms in total. The van der Waals surface area contributed by atoms with E-state index in [4.69, 9.17) is 4.99 Å². The van der Waals surface area contributed by atoms with Crippen molar-refractivity contribution in [1.29, 1.82) is 0 Å². The molecule has 1 aromatic rings. The smallest absolute Gasteiger partial charge is 0.161 e. The minimum atomic E-state index is 0.468. The maximum Gasteiger partial charge on any atom is 0.161 e. The van der Waals surface area contributed by atoms with Crippen molar-refractivity contribution in [1.82, 2.24) is 0 Å². The van der Waals surface area contributed by atoms with Crippen LogP contribution >= 0.6 is 11.8 Å². The SMILES string of the molecule is CCCc1ccccc1NC1=N[C@@H](C(C)C)CS1. The molecule has 0 radical (unpaired) electrons. The first-order valence-corrected chi connectivity index (χ1v) is 7.74. The van der Waals surface area contributed by atoms with Gasteiger partial charge in [0.15, 0.2) is 5.17 Å². The largest absolute Gasteiger partial charge is 0.335 e. The number of para-hydroxylation sites is 1. The quantitative estimate of drug-likeness (QED) is 0.880. The van der Waals surface area contributed by atoms with Crippen LogP contribution in [0.3, 0.4) is 0 Å². The average molecular weight is 262 g/mol. The second-order valence-electron chi connectivity index (χ2n) is 5.09. The zero-order valence-corrected chi connectivity index (χ0v) is 12.3. The highest BCUT2D eigenvalue weighted by molar-refractivity contribution is 8.14. The van der Waals surface area contributed by atoms with Crippen molar-refractivity contribution in [2.75, 3.05) is 11.1 Å². The number of aryl methyl sites for hydroxylation is 1. The minimum absolute atomic E-state index is 0.468. The highest BCUT2D eigenvalue weighted by Crippen LogP contribution is 2.26. The summed E-state index contributed by atoms with van der Waals surface area (Å²) in [6.07, 6.45) is 2.29. The lowest BCUT2D eigenvalue weighted by molar-refractivity contribution is 0.543. The van der Waals surface area contributed by atoms with Crippen molar-refractivity contribution in [3.05, 3.63) is 29.8 Å². The van der Waals surface area contributed by atoms with Gasteiger partial charge in [-0.05, 0) is 24.0 Å². The fourth-order valence-electron chi connectivity index (χ4n) is 2.04. The van der Waals surface area contributed by atoms with E-state index >= 15 is 0 Å². The molecule has 0 bridgehead atoms. The Balaban J connectivity index is 2.08. The van der Waals surface area contributed by atoms with Crippen LogP contribution in [0.1, 0.15) is 32.8 Å². The molecule has 0 unspecified atom stereocenters. The Morgan fingerprint density at radius 1 is 1.39 bits per heavy atom. The first kappa shape index (κ1) is 13.5. The summed E-state index contributed by atoms with van der Waals surface area (Å²) in [5.74, 6) is 1.73. The van der Waals surface area contributed by atoms with E-state index in [0.29, 0.717) is 12.0 Å². The molecule has 0 fully saturated rings. The number of rotatable bonds is 4. The number of thioether (sulfide) groups is 1. The standard InChI is InChI=1S/C15H22N2S/c1-4-7-12-8-5-6-9-13(12)16-15-17-14(10-18-15)11(2)3/h5-6,8-9,11,14H,4,7,10H2,1-3H3,(H,16,17)/t14-/m1/s1. The van der Waals surface area contributed by atoms with E-state index in [0.717, 1.165) is 17.3 Å². The van der Waals surface area contributed by atoms with Crippen LogP contribution in [0, 0.1) is 5.92 Å². The van der Waals surface area contributed by atoms with Gasteiger partial charge in [0.1, 0.15) is 0 Å². The molecule has 1 atom stereocenters. The van der Waals surface area contributed by atoms with Crippen molar-refractivity contribution in [2.45, 2.75) is 39.7 Å². The van der Waals surface area contributed by atoms with Gasteiger partial charge < -0.3 is 5.32 Å². The summed E-state index contributed by atoms with van der Waals surface area (Å²) in [4.78, 5) is 4.75. The molecule has 0 amide bonds. The Labute approximate surface area is 114 Å². The number of nitrogens with one attached hydrogen (secondary N) is 1. The van der Waals surface area contributed by atoms with Gasteiger partial charge >= 0.3 is 0 Å². The number of hydrogen-bond donors (Lipinski definition) is 1. The van der Waals surface area contributed by atoms with Gasteiger partial charge in [-0.1, -0.05) is 57.2 Å². The second kappa shape index (κ2) is 6.28. The molecule has 18 heavy (non-hydrogen) atoms. The Morgan fingerprint density at radius 2 is 2.17 bits per heavy atom.